The first kappa shape index (κ1) is 23.9. The van der Waals surface area contributed by atoms with Crippen LogP contribution < -0.4 is 5.56 Å². The molecule has 0 radical (unpaired) electrons. The lowest BCUT2D eigenvalue weighted by atomic mass is 9.96. The summed E-state index contributed by atoms with van der Waals surface area (Å²) in [6, 6.07) is 13.5. The summed E-state index contributed by atoms with van der Waals surface area (Å²) < 4.78 is 7.81. The van der Waals surface area contributed by atoms with Crippen molar-refractivity contribution in [2.75, 3.05) is 0 Å². The Morgan fingerprint density at radius 1 is 1.24 bits per heavy atom. The first-order valence-electron chi connectivity index (χ1n) is 11.1. The zero-order valence-corrected chi connectivity index (χ0v) is 22.2. The molecule has 0 N–H and O–H groups in total. The lowest BCUT2D eigenvalue weighted by molar-refractivity contribution is 0.00200. The SMILES string of the molecule is Cc1cccc(-n2c(SCc3ccc(Cl)cc3Cl)nc3sc4c(c3c2=O)C[C@@H](C(C)C)OC4)c1. The molecular formula is C26H24Cl2N2O2S2. The van der Waals surface area contributed by atoms with Crippen molar-refractivity contribution in [1.29, 1.82) is 0 Å². The smallest absolute Gasteiger partial charge is 0.267 e. The van der Waals surface area contributed by atoms with E-state index in [0.29, 0.717) is 33.5 Å². The largest absolute Gasteiger partial charge is 0.372 e. The second kappa shape index (κ2) is 9.67. The number of hydrogen-bond donors (Lipinski definition) is 0. The van der Waals surface area contributed by atoms with Gasteiger partial charge in [0.15, 0.2) is 5.16 Å². The number of nitrogens with zero attached hydrogens (tertiary/aromatic N) is 2. The fourth-order valence-electron chi connectivity index (χ4n) is 4.21. The van der Waals surface area contributed by atoms with Crippen LogP contribution in [0.5, 0.6) is 0 Å². The van der Waals surface area contributed by atoms with E-state index in [4.69, 9.17) is 32.9 Å². The highest BCUT2D eigenvalue weighted by molar-refractivity contribution is 7.98. The van der Waals surface area contributed by atoms with E-state index < -0.39 is 0 Å². The van der Waals surface area contributed by atoms with Crippen molar-refractivity contribution in [3.05, 3.63) is 84.4 Å². The van der Waals surface area contributed by atoms with Gasteiger partial charge in [0.25, 0.3) is 5.56 Å². The number of aromatic nitrogens is 2. The summed E-state index contributed by atoms with van der Waals surface area (Å²) in [5, 5.41) is 2.58. The summed E-state index contributed by atoms with van der Waals surface area (Å²) in [4.78, 5) is 20.9. The first-order chi connectivity index (χ1) is 16.3. The van der Waals surface area contributed by atoms with Gasteiger partial charge in [-0.3, -0.25) is 9.36 Å². The monoisotopic (exact) mass is 530 g/mol. The van der Waals surface area contributed by atoms with Crippen molar-refractivity contribution in [3.8, 4) is 5.69 Å². The molecule has 0 unspecified atom stereocenters. The van der Waals surface area contributed by atoms with Crippen molar-refractivity contribution >= 4 is 56.5 Å². The first-order valence-corrected chi connectivity index (χ1v) is 13.7. The van der Waals surface area contributed by atoms with Crippen molar-refractivity contribution in [2.45, 2.75) is 50.8 Å². The fraction of sp³-hybridized carbons (Fsp3) is 0.308. The van der Waals surface area contributed by atoms with Crippen molar-refractivity contribution in [1.82, 2.24) is 9.55 Å². The summed E-state index contributed by atoms with van der Waals surface area (Å²) in [6.07, 6.45) is 0.850. The molecule has 5 rings (SSSR count). The fourth-order valence-corrected chi connectivity index (χ4v) is 6.94. The third-order valence-electron chi connectivity index (χ3n) is 6.09. The normalized spacial score (nSPS) is 15.8. The molecule has 0 fully saturated rings. The number of thioether (sulfide) groups is 1. The van der Waals surface area contributed by atoms with Crippen LogP contribution in [0.25, 0.3) is 15.9 Å². The molecule has 176 valence electrons. The van der Waals surface area contributed by atoms with E-state index in [-0.39, 0.29) is 11.7 Å². The van der Waals surface area contributed by atoms with Gasteiger partial charge in [0.1, 0.15) is 4.83 Å². The molecule has 0 saturated carbocycles. The molecular weight excluding hydrogens is 507 g/mol. The van der Waals surface area contributed by atoms with E-state index in [0.717, 1.165) is 43.9 Å². The highest BCUT2D eigenvalue weighted by Crippen LogP contribution is 2.37. The number of aryl methyl sites for hydroxylation is 1. The Hall–Kier alpha value is -1.83. The van der Waals surface area contributed by atoms with E-state index in [9.17, 15) is 4.79 Å². The molecule has 0 aliphatic carbocycles. The van der Waals surface area contributed by atoms with Crippen LogP contribution in [0.1, 0.15) is 35.4 Å². The summed E-state index contributed by atoms with van der Waals surface area (Å²) in [5.41, 5.74) is 3.92. The molecule has 4 nitrogen and oxygen atoms in total. The van der Waals surface area contributed by atoms with Gasteiger partial charge in [-0.15, -0.1) is 11.3 Å². The molecule has 3 heterocycles. The predicted molar refractivity (Wildman–Crippen MR) is 143 cm³/mol. The Labute approximate surface area is 216 Å². The minimum atomic E-state index is -0.0257. The minimum absolute atomic E-state index is 0.0257. The van der Waals surface area contributed by atoms with E-state index >= 15 is 0 Å². The highest BCUT2D eigenvalue weighted by Gasteiger charge is 2.28. The Morgan fingerprint density at radius 3 is 2.79 bits per heavy atom. The molecule has 1 atom stereocenters. The third kappa shape index (κ3) is 4.54. The lowest BCUT2D eigenvalue weighted by Crippen LogP contribution is -2.28. The van der Waals surface area contributed by atoms with Gasteiger partial charge >= 0.3 is 0 Å². The summed E-state index contributed by atoms with van der Waals surface area (Å²) in [6.45, 7) is 6.87. The number of ether oxygens (including phenoxy) is 1. The maximum atomic E-state index is 14.0. The topological polar surface area (TPSA) is 44.1 Å². The molecule has 34 heavy (non-hydrogen) atoms. The molecule has 0 saturated heterocycles. The zero-order valence-electron chi connectivity index (χ0n) is 19.1. The zero-order chi connectivity index (χ0) is 24.0. The van der Waals surface area contributed by atoms with Crippen LogP contribution in [0.2, 0.25) is 10.0 Å². The number of benzene rings is 2. The van der Waals surface area contributed by atoms with Gasteiger partial charge in [-0.05, 0) is 53.8 Å². The summed E-state index contributed by atoms with van der Waals surface area (Å²) in [7, 11) is 0. The summed E-state index contributed by atoms with van der Waals surface area (Å²) >= 11 is 15.5. The molecule has 0 spiro atoms. The van der Waals surface area contributed by atoms with Crippen molar-refractivity contribution in [2.24, 2.45) is 5.92 Å². The maximum Gasteiger partial charge on any atom is 0.267 e. The number of rotatable bonds is 5. The van der Waals surface area contributed by atoms with Gasteiger partial charge in [-0.25, -0.2) is 4.98 Å². The average molecular weight is 532 g/mol. The van der Waals surface area contributed by atoms with Crippen LogP contribution in [-0.4, -0.2) is 15.7 Å². The number of halogens is 2. The van der Waals surface area contributed by atoms with E-state index in [1.54, 1.807) is 22.0 Å². The Bertz CT molecular complexity index is 1450. The highest BCUT2D eigenvalue weighted by atomic mass is 35.5. The van der Waals surface area contributed by atoms with Gasteiger partial charge in [-0.1, -0.05) is 67.0 Å². The van der Waals surface area contributed by atoms with Gasteiger partial charge < -0.3 is 4.74 Å². The Kier molecular flexibility index (Phi) is 6.79. The second-order valence-electron chi connectivity index (χ2n) is 8.88. The third-order valence-corrected chi connectivity index (χ3v) is 8.76. The standard InChI is InChI=1S/C26H24Cl2N2O2S2/c1-14(2)21-11-19-22(12-32-21)34-24-23(19)25(31)30(18-6-4-5-15(3)9-18)26(29-24)33-13-16-7-8-17(27)10-20(16)28/h4-10,14,21H,11-13H2,1-3H3/t21-/m0/s1. The van der Waals surface area contributed by atoms with E-state index in [2.05, 4.69) is 13.8 Å². The van der Waals surface area contributed by atoms with E-state index in [1.165, 1.54) is 11.8 Å². The molecule has 4 aromatic rings. The number of hydrogen-bond acceptors (Lipinski definition) is 5. The van der Waals surface area contributed by atoms with Crippen LogP contribution >= 0.6 is 46.3 Å². The maximum absolute atomic E-state index is 14.0. The van der Waals surface area contributed by atoms with Crippen molar-refractivity contribution in [3.63, 3.8) is 0 Å². The Balaban J connectivity index is 1.65. The molecule has 8 heteroatoms. The molecule has 2 aromatic carbocycles. The van der Waals surface area contributed by atoms with Crippen LogP contribution in [-0.2, 0) is 23.5 Å². The van der Waals surface area contributed by atoms with Gasteiger partial charge in [0, 0.05) is 27.1 Å². The summed E-state index contributed by atoms with van der Waals surface area (Å²) in [5.74, 6) is 0.956. The van der Waals surface area contributed by atoms with Crippen LogP contribution in [0.15, 0.2) is 52.4 Å². The van der Waals surface area contributed by atoms with Crippen LogP contribution in [0.3, 0.4) is 0 Å². The molecule has 0 bridgehead atoms. The minimum Gasteiger partial charge on any atom is -0.372 e. The molecule has 1 aliphatic heterocycles. The Morgan fingerprint density at radius 2 is 2.06 bits per heavy atom. The average Bonchev–Trinajstić information content (AvgIpc) is 3.16. The number of fused-ring (bicyclic) bond motifs is 3. The predicted octanol–water partition coefficient (Wildman–Crippen LogP) is 7.45. The van der Waals surface area contributed by atoms with Gasteiger partial charge in [0.2, 0.25) is 0 Å². The molecule has 1 aliphatic rings. The van der Waals surface area contributed by atoms with Gasteiger partial charge in [0.05, 0.1) is 23.8 Å². The second-order valence-corrected chi connectivity index (χ2v) is 11.7. The van der Waals surface area contributed by atoms with Gasteiger partial charge in [-0.2, -0.15) is 0 Å². The molecule has 2 aromatic heterocycles. The number of thiophene rings is 1. The van der Waals surface area contributed by atoms with E-state index in [1.807, 2.05) is 43.3 Å². The molecule has 0 amide bonds. The quantitative estimate of drug-likeness (QED) is 0.198. The van der Waals surface area contributed by atoms with Crippen LogP contribution in [0, 0.1) is 12.8 Å². The van der Waals surface area contributed by atoms with Crippen molar-refractivity contribution < 1.29 is 4.74 Å². The van der Waals surface area contributed by atoms with Crippen LogP contribution in [0.4, 0.5) is 0 Å². The lowest BCUT2D eigenvalue weighted by Gasteiger charge is -2.26.